The van der Waals surface area contributed by atoms with Gasteiger partial charge in [0.25, 0.3) is 0 Å². The molecule has 0 saturated heterocycles. The fourth-order valence-corrected chi connectivity index (χ4v) is 7.73. The molecular formula is C63H106O6. The van der Waals surface area contributed by atoms with Crippen LogP contribution in [0.4, 0.5) is 0 Å². The topological polar surface area (TPSA) is 78.9 Å². The van der Waals surface area contributed by atoms with E-state index in [2.05, 4.69) is 118 Å². The van der Waals surface area contributed by atoms with Gasteiger partial charge in [0.2, 0.25) is 0 Å². The van der Waals surface area contributed by atoms with Crippen LogP contribution in [-0.2, 0) is 28.6 Å². The second-order valence-electron chi connectivity index (χ2n) is 18.8. The summed E-state index contributed by atoms with van der Waals surface area (Å²) >= 11 is 0. The third-order valence-corrected chi connectivity index (χ3v) is 12.0. The van der Waals surface area contributed by atoms with Crippen LogP contribution in [0.3, 0.4) is 0 Å². The molecule has 0 radical (unpaired) electrons. The summed E-state index contributed by atoms with van der Waals surface area (Å²) in [6.07, 6.45) is 75.4. The SMILES string of the molecule is CC/C=C\C/C=C\C/C=C\C/C=C\CCCCC(=O)OC(COC(=O)CCCCCCC/C=C\CCCCCC)COC(=O)CCCCCCCCCC/C=C\C/C=C\C/C=C\CCCCCCC. The van der Waals surface area contributed by atoms with Gasteiger partial charge in [-0.3, -0.25) is 14.4 Å². The highest BCUT2D eigenvalue weighted by atomic mass is 16.6. The number of ether oxygens (including phenoxy) is 3. The van der Waals surface area contributed by atoms with Crippen molar-refractivity contribution in [3.8, 4) is 0 Å². The Bertz CT molecular complexity index is 1380. The normalized spacial score (nSPS) is 12.8. The summed E-state index contributed by atoms with van der Waals surface area (Å²) in [7, 11) is 0. The van der Waals surface area contributed by atoms with Crippen LogP contribution >= 0.6 is 0 Å². The van der Waals surface area contributed by atoms with E-state index in [9.17, 15) is 14.4 Å². The average Bonchev–Trinajstić information content (AvgIpc) is 3.35. The van der Waals surface area contributed by atoms with Crippen molar-refractivity contribution in [2.24, 2.45) is 0 Å². The molecule has 6 heteroatoms. The predicted molar refractivity (Wildman–Crippen MR) is 297 cm³/mol. The fourth-order valence-electron chi connectivity index (χ4n) is 7.73. The standard InChI is InChI=1S/C63H106O6/c1-4-7-10-13-16-19-22-25-27-28-29-30-31-32-33-34-36-38-41-44-47-50-53-56-62(65)68-59-60(58-67-61(64)55-52-49-46-43-40-37-24-21-18-15-12-9-6-3)69-63(66)57-54-51-48-45-42-39-35-26-23-20-17-14-11-8-5-2/h8,11,17,20-22,24-26,28-29,31-32,35,42,45,60H,4-7,9-10,12-16,18-19,23,27,30,33-34,36-41,43-44,46-59H2,1-3H3/b11-8-,20-17-,24-21-,25-22-,29-28-,32-31-,35-26-,45-42-. The molecular weight excluding hydrogens is 853 g/mol. The number of hydrogen-bond donors (Lipinski definition) is 0. The molecule has 0 aliphatic rings. The zero-order valence-electron chi connectivity index (χ0n) is 45.0. The van der Waals surface area contributed by atoms with E-state index < -0.39 is 6.10 Å². The molecule has 1 unspecified atom stereocenters. The van der Waals surface area contributed by atoms with E-state index in [1.165, 1.54) is 109 Å². The predicted octanol–water partition coefficient (Wildman–Crippen LogP) is 19.3. The van der Waals surface area contributed by atoms with Crippen LogP contribution in [0.1, 0.15) is 265 Å². The summed E-state index contributed by atoms with van der Waals surface area (Å²) in [5, 5.41) is 0. The van der Waals surface area contributed by atoms with Crippen molar-refractivity contribution >= 4 is 17.9 Å². The number of rotatable bonds is 51. The van der Waals surface area contributed by atoms with Gasteiger partial charge in [-0.2, -0.15) is 0 Å². The Labute approximate surface area is 426 Å². The Balaban J connectivity index is 4.40. The molecule has 394 valence electrons. The van der Waals surface area contributed by atoms with Crippen molar-refractivity contribution in [1.29, 1.82) is 0 Å². The van der Waals surface area contributed by atoms with Crippen molar-refractivity contribution < 1.29 is 28.6 Å². The largest absolute Gasteiger partial charge is 0.462 e. The number of carbonyl (C=O) groups is 3. The zero-order valence-corrected chi connectivity index (χ0v) is 45.0. The van der Waals surface area contributed by atoms with Gasteiger partial charge in [-0.25, -0.2) is 0 Å². The minimum Gasteiger partial charge on any atom is -0.462 e. The molecule has 0 aliphatic carbocycles. The number of unbranched alkanes of at least 4 members (excludes halogenated alkanes) is 24. The third kappa shape index (κ3) is 55.1. The van der Waals surface area contributed by atoms with Crippen LogP contribution in [0.15, 0.2) is 97.2 Å². The molecule has 69 heavy (non-hydrogen) atoms. The van der Waals surface area contributed by atoms with Crippen LogP contribution in [0, 0.1) is 0 Å². The van der Waals surface area contributed by atoms with Crippen LogP contribution in [0.2, 0.25) is 0 Å². The molecule has 0 saturated carbocycles. The summed E-state index contributed by atoms with van der Waals surface area (Å²) in [5.74, 6) is -0.957. The van der Waals surface area contributed by atoms with Gasteiger partial charge in [0.1, 0.15) is 13.2 Å². The van der Waals surface area contributed by atoms with Gasteiger partial charge in [0.15, 0.2) is 6.10 Å². The maximum Gasteiger partial charge on any atom is 0.306 e. The second-order valence-corrected chi connectivity index (χ2v) is 18.8. The molecule has 0 amide bonds. The summed E-state index contributed by atoms with van der Waals surface area (Å²) in [4.78, 5) is 38.1. The summed E-state index contributed by atoms with van der Waals surface area (Å²) in [6.45, 7) is 6.45. The Hall–Kier alpha value is -3.67. The van der Waals surface area contributed by atoms with E-state index in [1.807, 2.05) is 0 Å². The van der Waals surface area contributed by atoms with Crippen LogP contribution < -0.4 is 0 Å². The Kier molecular flexibility index (Phi) is 53.9. The van der Waals surface area contributed by atoms with Crippen molar-refractivity contribution in [3.05, 3.63) is 97.2 Å². The zero-order chi connectivity index (χ0) is 50.0. The molecule has 0 spiro atoms. The molecule has 0 aliphatic heterocycles. The third-order valence-electron chi connectivity index (χ3n) is 12.0. The minimum absolute atomic E-state index is 0.101. The second kappa shape index (κ2) is 56.9. The molecule has 0 heterocycles. The van der Waals surface area contributed by atoms with Gasteiger partial charge in [-0.05, 0) is 122 Å². The quantitative estimate of drug-likeness (QED) is 0.0262. The molecule has 0 fully saturated rings. The van der Waals surface area contributed by atoms with E-state index in [4.69, 9.17) is 14.2 Å². The Morgan fingerprint density at radius 1 is 0.304 bits per heavy atom. The highest BCUT2D eigenvalue weighted by molar-refractivity contribution is 5.71. The molecule has 6 nitrogen and oxygen atoms in total. The van der Waals surface area contributed by atoms with Crippen LogP contribution in [-0.4, -0.2) is 37.2 Å². The molecule has 0 aromatic heterocycles. The average molecular weight is 960 g/mol. The van der Waals surface area contributed by atoms with Gasteiger partial charge in [0.05, 0.1) is 0 Å². The molecule has 0 bridgehead atoms. The number of allylic oxidation sites excluding steroid dienone is 16. The van der Waals surface area contributed by atoms with E-state index in [1.54, 1.807) is 0 Å². The Morgan fingerprint density at radius 3 is 0.942 bits per heavy atom. The van der Waals surface area contributed by atoms with Gasteiger partial charge in [-0.15, -0.1) is 0 Å². The summed E-state index contributed by atoms with van der Waals surface area (Å²) in [6, 6.07) is 0. The fraction of sp³-hybridized carbons (Fsp3) is 0.698. The minimum atomic E-state index is -0.807. The lowest BCUT2D eigenvalue weighted by atomic mass is 10.1. The Morgan fingerprint density at radius 2 is 0.565 bits per heavy atom. The highest BCUT2D eigenvalue weighted by Crippen LogP contribution is 2.14. The van der Waals surface area contributed by atoms with Gasteiger partial charge in [0, 0.05) is 19.3 Å². The molecule has 0 N–H and O–H groups in total. The summed E-state index contributed by atoms with van der Waals surface area (Å²) in [5.41, 5.74) is 0. The summed E-state index contributed by atoms with van der Waals surface area (Å²) < 4.78 is 16.8. The van der Waals surface area contributed by atoms with Crippen molar-refractivity contribution in [1.82, 2.24) is 0 Å². The van der Waals surface area contributed by atoms with E-state index in [0.29, 0.717) is 19.3 Å². The first-order valence-corrected chi connectivity index (χ1v) is 28.7. The van der Waals surface area contributed by atoms with Crippen molar-refractivity contribution in [3.63, 3.8) is 0 Å². The maximum absolute atomic E-state index is 12.8. The maximum atomic E-state index is 12.8. The lowest BCUT2D eigenvalue weighted by molar-refractivity contribution is -0.167. The van der Waals surface area contributed by atoms with Crippen LogP contribution in [0.25, 0.3) is 0 Å². The van der Waals surface area contributed by atoms with Crippen molar-refractivity contribution in [2.45, 2.75) is 271 Å². The van der Waals surface area contributed by atoms with E-state index in [0.717, 1.165) is 109 Å². The smallest absolute Gasteiger partial charge is 0.306 e. The van der Waals surface area contributed by atoms with E-state index in [-0.39, 0.29) is 37.5 Å². The first kappa shape index (κ1) is 65.3. The first-order valence-electron chi connectivity index (χ1n) is 28.7. The van der Waals surface area contributed by atoms with Gasteiger partial charge in [-0.1, -0.05) is 221 Å². The highest BCUT2D eigenvalue weighted by Gasteiger charge is 2.19. The van der Waals surface area contributed by atoms with Gasteiger partial charge < -0.3 is 14.2 Å². The van der Waals surface area contributed by atoms with E-state index >= 15 is 0 Å². The number of hydrogen-bond acceptors (Lipinski definition) is 6. The van der Waals surface area contributed by atoms with Crippen molar-refractivity contribution in [2.75, 3.05) is 13.2 Å². The monoisotopic (exact) mass is 959 g/mol. The lowest BCUT2D eigenvalue weighted by Gasteiger charge is -2.18. The number of esters is 3. The molecule has 0 rings (SSSR count). The van der Waals surface area contributed by atoms with Crippen LogP contribution in [0.5, 0.6) is 0 Å². The molecule has 1 atom stereocenters. The molecule has 0 aromatic carbocycles. The van der Waals surface area contributed by atoms with Gasteiger partial charge >= 0.3 is 17.9 Å². The molecule has 0 aromatic rings. The lowest BCUT2D eigenvalue weighted by Crippen LogP contribution is -2.30. The first-order chi connectivity index (χ1) is 34.0. The number of carbonyl (C=O) groups excluding carboxylic acids is 3.